The van der Waals surface area contributed by atoms with Crippen molar-refractivity contribution >= 4 is 17.1 Å². The number of carbonyl (C=O) groups excluding carboxylic acids is 1. The topological polar surface area (TPSA) is 74.2 Å². The Bertz CT molecular complexity index is 1230. The number of aromatic nitrogens is 1. The maximum atomic E-state index is 13.4. The summed E-state index contributed by atoms with van der Waals surface area (Å²) in [6.45, 7) is 9.38. The van der Waals surface area contributed by atoms with Gasteiger partial charge in [0.05, 0.1) is 6.04 Å². The Morgan fingerprint density at radius 2 is 1.73 bits per heavy atom. The van der Waals surface area contributed by atoms with Crippen LogP contribution >= 0.6 is 0 Å². The van der Waals surface area contributed by atoms with E-state index in [1.54, 1.807) is 19.3 Å². The van der Waals surface area contributed by atoms with Gasteiger partial charge in [0.1, 0.15) is 10.6 Å². The van der Waals surface area contributed by atoms with E-state index in [2.05, 4.69) is 4.72 Å². The number of rotatable bonds is 6. The monoisotopic (exact) mass is 468 g/mol. The van der Waals surface area contributed by atoms with Gasteiger partial charge in [0, 0.05) is 47.4 Å². The number of carbonyl (C=O) groups is 1. The Kier molecular flexibility index (Phi) is 7.26. The zero-order chi connectivity index (χ0) is 24.5. The number of nitrogens with zero attached hydrogens (tertiary/aromatic N) is 1. The van der Waals surface area contributed by atoms with Crippen LogP contribution in [0.15, 0.2) is 59.5 Å². The molecule has 3 rings (SSSR count). The number of nitrogens with one attached hydrogen (secondary N) is 1. The molecule has 5 nitrogen and oxygen atoms in total. The Hall–Kier alpha value is -2.74. The molecule has 33 heavy (non-hydrogen) atoms. The number of hydrogen-bond donors (Lipinski definition) is 1. The lowest BCUT2D eigenvalue weighted by molar-refractivity contribution is 0.103. The van der Waals surface area contributed by atoms with Crippen molar-refractivity contribution in [2.45, 2.75) is 45.4 Å². The molecule has 3 aromatic rings. The maximum absolute atomic E-state index is 13.4. The average molecular weight is 469 g/mol. The van der Waals surface area contributed by atoms with Crippen molar-refractivity contribution in [3.8, 4) is 11.1 Å². The van der Waals surface area contributed by atoms with Crippen LogP contribution in [0.25, 0.3) is 11.1 Å². The van der Waals surface area contributed by atoms with Gasteiger partial charge in [0.2, 0.25) is 0 Å². The van der Waals surface area contributed by atoms with Crippen molar-refractivity contribution < 1.29 is 13.7 Å². The Balaban J connectivity index is 2.17. The minimum absolute atomic E-state index is 0.206. The molecule has 0 fully saturated rings. The first-order valence-electron chi connectivity index (χ1n) is 10.7. The predicted octanol–water partition coefficient (Wildman–Crippen LogP) is 4.84. The normalized spacial score (nSPS) is 13.6. The first-order valence-corrected chi connectivity index (χ1v) is 11.8. The fourth-order valence-electron chi connectivity index (χ4n) is 3.46. The fraction of sp³-hybridized carbons (Fsp3) is 0.308. The molecular formula is C26H29FN2O3S. The fourth-order valence-corrected chi connectivity index (χ4v) is 4.27. The van der Waals surface area contributed by atoms with E-state index in [0.717, 1.165) is 5.56 Å². The highest BCUT2D eigenvalue weighted by atomic mass is 32.2. The van der Waals surface area contributed by atoms with Gasteiger partial charge >= 0.3 is 0 Å². The van der Waals surface area contributed by atoms with Crippen LogP contribution in [0.2, 0.25) is 0 Å². The van der Waals surface area contributed by atoms with Crippen LogP contribution in [0, 0.1) is 12.7 Å². The van der Waals surface area contributed by atoms with E-state index in [9.17, 15) is 18.5 Å². The van der Waals surface area contributed by atoms with Gasteiger partial charge in [0.25, 0.3) is 5.56 Å². The molecule has 0 spiro atoms. The maximum Gasteiger partial charge on any atom is 0.250 e. The standard InChI is InChI=1S/C26H29FN2O3S/c1-16-7-12-20(25(31)18-8-10-19(27)11-9-18)22(13-16)23-15-29(6)24(30)14-21(23)17(2)28-33(32)26(3,4)5/h7-15,17,28H,1-6H3. The lowest BCUT2D eigenvalue weighted by atomic mass is 9.89. The van der Waals surface area contributed by atoms with Crippen LogP contribution in [0.3, 0.4) is 0 Å². The summed E-state index contributed by atoms with van der Waals surface area (Å²) in [6.07, 6.45) is 1.70. The lowest BCUT2D eigenvalue weighted by Gasteiger charge is -2.27. The van der Waals surface area contributed by atoms with Gasteiger partial charge in [-0.25, -0.2) is 4.39 Å². The van der Waals surface area contributed by atoms with Gasteiger partial charge in [-0.2, -0.15) is 0 Å². The third kappa shape index (κ3) is 5.61. The van der Waals surface area contributed by atoms with Crippen molar-refractivity contribution in [2.75, 3.05) is 0 Å². The Morgan fingerprint density at radius 1 is 1.09 bits per heavy atom. The molecule has 1 N–H and O–H groups in total. The van der Waals surface area contributed by atoms with Crippen LogP contribution in [0.4, 0.5) is 4.39 Å². The number of aryl methyl sites for hydroxylation is 2. The van der Waals surface area contributed by atoms with E-state index in [1.165, 1.54) is 34.9 Å². The molecule has 2 aromatic carbocycles. The summed E-state index contributed by atoms with van der Waals surface area (Å²) in [7, 11) is 1.65. The molecule has 7 heteroatoms. The molecule has 0 aliphatic rings. The largest absolute Gasteiger partial charge is 0.598 e. The molecule has 2 atom stereocenters. The highest BCUT2D eigenvalue weighted by Crippen LogP contribution is 2.33. The van der Waals surface area contributed by atoms with Crippen LogP contribution in [0.1, 0.15) is 60.8 Å². The molecule has 0 aliphatic carbocycles. The van der Waals surface area contributed by atoms with Gasteiger partial charge in [-0.3, -0.25) is 9.59 Å². The minimum Gasteiger partial charge on any atom is -0.598 e. The molecule has 1 aromatic heterocycles. The van der Waals surface area contributed by atoms with Gasteiger partial charge < -0.3 is 9.12 Å². The Labute approximate surface area is 197 Å². The predicted molar refractivity (Wildman–Crippen MR) is 131 cm³/mol. The summed E-state index contributed by atoms with van der Waals surface area (Å²) in [5.74, 6) is -0.661. The number of hydrogen-bond acceptors (Lipinski definition) is 4. The molecular weight excluding hydrogens is 439 g/mol. The van der Waals surface area contributed by atoms with E-state index in [0.29, 0.717) is 27.8 Å². The smallest absolute Gasteiger partial charge is 0.250 e. The lowest BCUT2D eigenvalue weighted by Crippen LogP contribution is -2.41. The molecule has 2 unspecified atom stereocenters. The molecule has 174 valence electrons. The average Bonchev–Trinajstić information content (AvgIpc) is 2.74. The Morgan fingerprint density at radius 3 is 2.33 bits per heavy atom. The minimum atomic E-state index is -1.36. The number of halogens is 1. The van der Waals surface area contributed by atoms with E-state index in [-0.39, 0.29) is 11.3 Å². The van der Waals surface area contributed by atoms with Crippen molar-refractivity contribution in [3.05, 3.63) is 93.2 Å². The number of pyridine rings is 1. The summed E-state index contributed by atoms with van der Waals surface area (Å²) < 4.78 is 30.2. The summed E-state index contributed by atoms with van der Waals surface area (Å²) >= 11 is -1.36. The molecule has 0 aliphatic heterocycles. The number of ketones is 1. The van der Waals surface area contributed by atoms with Crippen molar-refractivity contribution in [1.29, 1.82) is 0 Å². The highest BCUT2D eigenvalue weighted by Gasteiger charge is 2.30. The van der Waals surface area contributed by atoms with Crippen LogP contribution in [-0.4, -0.2) is 19.7 Å². The van der Waals surface area contributed by atoms with E-state index >= 15 is 0 Å². The molecule has 0 saturated heterocycles. The summed E-state index contributed by atoms with van der Waals surface area (Å²) in [6, 6.07) is 12.0. The van der Waals surface area contributed by atoms with Gasteiger partial charge in [-0.1, -0.05) is 23.8 Å². The number of benzene rings is 2. The third-order valence-electron chi connectivity index (χ3n) is 5.38. The summed E-state index contributed by atoms with van der Waals surface area (Å²) in [5.41, 5.74) is 3.54. The molecule has 0 amide bonds. The van der Waals surface area contributed by atoms with Crippen LogP contribution in [-0.2, 0) is 18.4 Å². The molecule has 0 radical (unpaired) electrons. The second kappa shape index (κ2) is 9.63. The zero-order valence-electron chi connectivity index (χ0n) is 19.7. The van der Waals surface area contributed by atoms with Crippen molar-refractivity contribution in [3.63, 3.8) is 0 Å². The quantitative estimate of drug-likeness (QED) is 0.415. The summed E-state index contributed by atoms with van der Waals surface area (Å²) in [4.78, 5) is 25.9. The van der Waals surface area contributed by atoms with E-state index in [1.807, 2.05) is 46.8 Å². The van der Waals surface area contributed by atoms with Crippen LogP contribution in [0.5, 0.6) is 0 Å². The van der Waals surface area contributed by atoms with Crippen LogP contribution < -0.4 is 10.3 Å². The third-order valence-corrected chi connectivity index (χ3v) is 7.06. The highest BCUT2D eigenvalue weighted by molar-refractivity contribution is 7.90. The van der Waals surface area contributed by atoms with Gasteiger partial charge in [-0.05, 0) is 70.0 Å². The molecule has 0 bridgehead atoms. The van der Waals surface area contributed by atoms with E-state index in [4.69, 9.17) is 0 Å². The second-order valence-corrected chi connectivity index (χ2v) is 11.2. The first kappa shape index (κ1) is 24.9. The molecule has 0 saturated carbocycles. The van der Waals surface area contributed by atoms with Gasteiger partial charge in [-0.15, -0.1) is 4.72 Å². The summed E-state index contributed by atoms with van der Waals surface area (Å²) in [5, 5.41) is 0. The van der Waals surface area contributed by atoms with Crippen molar-refractivity contribution in [2.24, 2.45) is 7.05 Å². The SMILES string of the molecule is Cc1ccc(C(=O)c2ccc(F)cc2)c(-c2cn(C)c(=O)cc2C(C)N[S+]([O-])C(C)(C)C)c1. The second-order valence-electron chi connectivity index (χ2n) is 9.20. The first-order chi connectivity index (χ1) is 15.4. The van der Waals surface area contributed by atoms with E-state index < -0.39 is 28.0 Å². The van der Waals surface area contributed by atoms with Gasteiger partial charge in [0.15, 0.2) is 5.78 Å². The van der Waals surface area contributed by atoms with Crippen molar-refractivity contribution in [1.82, 2.24) is 9.29 Å². The zero-order valence-corrected chi connectivity index (χ0v) is 20.5. The molecule has 1 heterocycles.